The summed E-state index contributed by atoms with van der Waals surface area (Å²) < 4.78 is 17.4. The summed E-state index contributed by atoms with van der Waals surface area (Å²) in [5, 5.41) is 2.02. The van der Waals surface area contributed by atoms with Crippen LogP contribution in [0.5, 0.6) is 0 Å². The summed E-state index contributed by atoms with van der Waals surface area (Å²) in [6.45, 7) is 0.636. The Morgan fingerprint density at radius 2 is 2.25 bits per heavy atom. The molecule has 0 atom stereocenters. The highest BCUT2D eigenvalue weighted by Crippen LogP contribution is 2.28. The van der Waals surface area contributed by atoms with E-state index in [4.69, 9.17) is 11.6 Å². The molecular formula is C13H8BrClFIN2S. The molecule has 2 aromatic heterocycles. The molecule has 7 heteroatoms. The Kier molecular flexibility index (Phi) is 4.35. The number of alkyl halides is 1. The Morgan fingerprint density at radius 3 is 2.90 bits per heavy atom. The van der Waals surface area contributed by atoms with Crippen molar-refractivity contribution in [3.63, 3.8) is 0 Å². The van der Waals surface area contributed by atoms with E-state index in [-0.39, 0.29) is 5.82 Å². The predicted octanol–water partition coefficient (Wildman–Crippen LogP) is 5.39. The number of nitrogens with zero attached hydrogens (tertiary/aromatic N) is 2. The number of rotatable bonds is 3. The lowest BCUT2D eigenvalue weighted by Gasteiger charge is -2.07. The van der Waals surface area contributed by atoms with Crippen molar-refractivity contribution in [2.24, 2.45) is 0 Å². The van der Waals surface area contributed by atoms with Crippen molar-refractivity contribution in [1.29, 1.82) is 0 Å². The van der Waals surface area contributed by atoms with E-state index >= 15 is 0 Å². The summed E-state index contributed by atoms with van der Waals surface area (Å²) in [5.74, 6) is 0.824. The average Bonchev–Trinajstić information content (AvgIpc) is 2.96. The van der Waals surface area contributed by atoms with Crippen LogP contribution in [0.15, 0.2) is 28.1 Å². The monoisotopic (exact) mass is 484 g/mol. The predicted molar refractivity (Wildman–Crippen MR) is 93.1 cm³/mol. The van der Waals surface area contributed by atoms with Crippen molar-refractivity contribution in [3.8, 4) is 0 Å². The molecule has 0 saturated carbocycles. The molecule has 0 aliphatic rings. The van der Waals surface area contributed by atoms with E-state index in [0.717, 1.165) is 26.2 Å². The standard InChI is InChI=1S/C13H8BrClFIN2S/c14-7-1-2-20-12(7)6-19-11-3-8(16)9(17)4-10(11)18-13(19)5-15/h1-4H,5-6H2. The molecule has 3 rings (SSSR count). The minimum absolute atomic E-state index is 0.231. The number of benzene rings is 1. The van der Waals surface area contributed by atoms with E-state index in [1.807, 2.05) is 38.6 Å². The van der Waals surface area contributed by atoms with Crippen molar-refractivity contribution in [2.75, 3.05) is 0 Å². The molecule has 1 aromatic carbocycles. The zero-order chi connectivity index (χ0) is 14.3. The van der Waals surface area contributed by atoms with Gasteiger partial charge in [0.25, 0.3) is 0 Å². The van der Waals surface area contributed by atoms with E-state index in [9.17, 15) is 4.39 Å². The smallest absolute Gasteiger partial charge is 0.138 e. The SMILES string of the molecule is Fc1cc2c(cc1I)nc(CCl)n2Cc1sccc1Br. The third-order valence-corrected chi connectivity index (χ3v) is 5.96. The van der Waals surface area contributed by atoms with Gasteiger partial charge in [-0.05, 0) is 56.0 Å². The van der Waals surface area contributed by atoms with Gasteiger partial charge in [0.1, 0.15) is 11.6 Å². The maximum absolute atomic E-state index is 13.8. The molecule has 0 radical (unpaired) electrons. The molecule has 2 nitrogen and oxygen atoms in total. The van der Waals surface area contributed by atoms with Crippen LogP contribution in [0.4, 0.5) is 4.39 Å². The molecule has 0 saturated heterocycles. The molecule has 0 N–H and O–H groups in total. The Bertz CT molecular complexity index is 786. The van der Waals surface area contributed by atoms with Crippen molar-refractivity contribution in [2.45, 2.75) is 12.4 Å². The van der Waals surface area contributed by atoms with Crippen LogP contribution < -0.4 is 0 Å². The van der Waals surface area contributed by atoms with Gasteiger partial charge >= 0.3 is 0 Å². The number of halogens is 4. The summed E-state index contributed by atoms with van der Waals surface area (Å²) in [4.78, 5) is 5.65. The zero-order valence-electron chi connectivity index (χ0n) is 10.0. The second-order valence-electron chi connectivity index (χ2n) is 4.19. The molecule has 20 heavy (non-hydrogen) atoms. The van der Waals surface area contributed by atoms with Crippen LogP contribution in [0.2, 0.25) is 0 Å². The van der Waals surface area contributed by atoms with Crippen LogP contribution in [-0.2, 0) is 12.4 Å². The van der Waals surface area contributed by atoms with Gasteiger partial charge in [0.15, 0.2) is 0 Å². The molecule has 0 spiro atoms. The summed E-state index contributed by atoms with van der Waals surface area (Å²) in [6, 6.07) is 5.28. The van der Waals surface area contributed by atoms with Crippen LogP contribution in [0.25, 0.3) is 11.0 Å². The maximum atomic E-state index is 13.8. The number of aromatic nitrogens is 2. The lowest BCUT2D eigenvalue weighted by molar-refractivity contribution is 0.621. The van der Waals surface area contributed by atoms with Crippen LogP contribution in [0, 0.1) is 9.39 Å². The van der Waals surface area contributed by atoms with Gasteiger partial charge in [-0.2, -0.15) is 0 Å². The lowest BCUT2D eigenvalue weighted by Crippen LogP contribution is -2.03. The van der Waals surface area contributed by atoms with Crippen LogP contribution in [-0.4, -0.2) is 9.55 Å². The second kappa shape index (κ2) is 5.90. The molecule has 0 amide bonds. The topological polar surface area (TPSA) is 17.8 Å². The van der Waals surface area contributed by atoms with Gasteiger partial charge in [-0.15, -0.1) is 22.9 Å². The number of hydrogen-bond donors (Lipinski definition) is 0. The third kappa shape index (κ3) is 2.63. The maximum Gasteiger partial charge on any atom is 0.138 e. The highest BCUT2D eigenvalue weighted by molar-refractivity contribution is 14.1. The average molecular weight is 486 g/mol. The van der Waals surface area contributed by atoms with Crippen molar-refractivity contribution < 1.29 is 4.39 Å². The Balaban J connectivity index is 2.17. The molecule has 0 fully saturated rings. The third-order valence-electron chi connectivity index (χ3n) is 2.98. The second-order valence-corrected chi connectivity index (χ2v) is 7.48. The minimum atomic E-state index is -0.231. The lowest BCUT2D eigenvalue weighted by atomic mass is 10.3. The van der Waals surface area contributed by atoms with Crippen molar-refractivity contribution >= 4 is 72.5 Å². The molecule has 104 valence electrons. The molecule has 0 aliphatic carbocycles. The quantitative estimate of drug-likeness (QED) is 0.359. The summed E-state index contributed by atoms with van der Waals surface area (Å²) >= 11 is 13.1. The van der Waals surface area contributed by atoms with Gasteiger partial charge < -0.3 is 4.57 Å². The number of thiophene rings is 1. The van der Waals surface area contributed by atoms with E-state index < -0.39 is 0 Å². The first-order valence-corrected chi connectivity index (χ1v) is 9.00. The largest absolute Gasteiger partial charge is 0.322 e. The first-order chi connectivity index (χ1) is 9.60. The van der Waals surface area contributed by atoms with Gasteiger partial charge in [-0.25, -0.2) is 9.37 Å². The summed E-state index contributed by atoms with van der Waals surface area (Å²) in [5.41, 5.74) is 1.55. The van der Waals surface area contributed by atoms with E-state index in [1.54, 1.807) is 17.4 Å². The molecule has 0 bridgehead atoms. The molecule has 0 aliphatic heterocycles. The van der Waals surface area contributed by atoms with Gasteiger partial charge in [-0.3, -0.25) is 0 Å². The van der Waals surface area contributed by atoms with Gasteiger partial charge in [-0.1, -0.05) is 0 Å². The summed E-state index contributed by atoms with van der Waals surface area (Å²) in [6.07, 6.45) is 0. The zero-order valence-corrected chi connectivity index (χ0v) is 15.4. The van der Waals surface area contributed by atoms with Crippen molar-refractivity contribution in [3.05, 3.63) is 48.1 Å². The Labute approximate surface area is 146 Å². The fourth-order valence-electron chi connectivity index (χ4n) is 2.03. The van der Waals surface area contributed by atoms with Gasteiger partial charge in [0.05, 0.1) is 27.0 Å². The fraction of sp³-hybridized carbons (Fsp3) is 0.154. The molecular weight excluding hydrogens is 477 g/mol. The number of hydrogen-bond acceptors (Lipinski definition) is 2. The first-order valence-electron chi connectivity index (χ1n) is 5.72. The molecule has 3 aromatic rings. The van der Waals surface area contributed by atoms with Gasteiger partial charge in [0.2, 0.25) is 0 Å². The van der Waals surface area contributed by atoms with Gasteiger partial charge in [0, 0.05) is 15.4 Å². The fourth-order valence-corrected chi connectivity index (χ4v) is 4.15. The summed E-state index contributed by atoms with van der Waals surface area (Å²) in [7, 11) is 0. The van der Waals surface area contributed by atoms with Crippen LogP contribution in [0.3, 0.4) is 0 Å². The first kappa shape index (κ1) is 14.7. The van der Waals surface area contributed by atoms with E-state index in [0.29, 0.717) is 16.0 Å². The number of fused-ring (bicyclic) bond motifs is 1. The van der Waals surface area contributed by atoms with Crippen molar-refractivity contribution in [1.82, 2.24) is 9.55 Å². The normalized spacial score (nSPS) is 11.4. The molecule has 0 unspecified atom stereocenters. The van der Waals surface area contributed by atoms with E-state index in [2.05, 4.69) is 20.9 Å². The van der Waals surface area contributed by atoms with Crippen LogP contribution in [0.1, 0.15) is 10.7 Å². The Morgan fingerprint density at radius 1 is 1.45 bits per heavy atom. The highest BCUT2D eigenvalue weighted by atomic mass is 127. The van der Waals surface area contributed by atoms with Crippen LogP contribution >= 0.6 is 61.5 Å². The Hall–Kier alpha value is -0.180. The molecule has 2 heterocycles. The highest BCUT2D eigenvalue weighted by Gasteiger charge is 2.14. The van der Waals surface area contributed by atoms with E-state index in [1.165, 1.54) is 6.07 Å². The number of imidazole rings is 1. The minimum Gasteiger partial charge on any atom is -0.322 e.